The zero-order valence-corrected chi connectivity index (χ0v) is 19.4. The van der Waals surface area contributed by atoms with Crippen molar-refractivity contribution in [1.82, 2.24) is 14.8 Å². The van der Waals surface area contributed by atoms with Crippen molar-refractivity contribution in [1.29, 1.82) is 0 Å². The topological polar surface area (TPSA) is 69.1 Å². The zero-order valence-electron chi connectivity index (χ0n) is 19.4. The second-order valence-electron chi connectivity index (χ2n) is 10.4. The molecule has 2 aromatic rings. The number of phenolic OH excluding ortho intramolecular Hbond substituents is 1. The van der Waals surface area contributed by atoms with Gasteiger partial charge in [-0.3, -0.25) is 9.88 Å². The number of likely N-dealkylation sites (N-methyl/N-ethyl adjacent to an activating group) is 1. The quantitative estimate of drug-likeness (QED) is 0.655. The summed E-state index contributed by atoms with van der Waals surface area (Å²) in [5.41, 5.74) is 3.65. The molecule has 0 saturated carbocycles. The number of aromatic hydroxyl groups is 1. The van der Waals surface area contributed by atoms with Crippen LogP contribution in [0.5, 0.6) is 11.5 Å². The molecule has 2 saturated heterocycles. The number of likely N-dealkylation sites (tertiary alicyclic amines) is 2. The van der Waals surface area contributed by atoms with E-state index in [1.54, 1.807) is 6.07 Å². The minimum atomic E-state index is -0.594. The Balaban J connectivity index is 0.000000147. The first kappa shape index (κ1) is 21.1. The lowest BCUT2D eigenvalue weighted by Gasteiger charge is -2.56. The van der Waals surface area contributed by atoms with E-state index in [-0.39, 0.29) is 17.3 Å². The Morgan fingerprint density at radius 1 is 1.12 bits per heavy atom. The van der Waals surface area contributed by atoms with Crippen molar-refractivity contribution < 1.29 is 14.9 Å². The highest BCUT2D eigenvalue weighted by molar-refractivity contribution is 5.61. The van der Waals surface area contributed by atoms with Crippen molar-refractivity contribution in [2.45, 2.75) is 55.4 Å². The lowest BCUT2D eigenvalue weighted by molar-refractivity contribution is -0.0453. The Morgan fingerprint density at radius 3 is 2.76 bits per heavy atom. The van der Waals surface area contributed by atoms with Gasteiger partial charge in [0.1, 0.15) is 12.2 Å². The first-order valence-electron chi connectivity index (χ1n) is 12.2. The fraction of sp³-hybridized carbons (Fsp3) is 0.519. The van der Waals surface area contributed by atoms with Crippen molar-refractivity contribution in [3.8, 4) is 11.5 Å². The van der Waals surface area contributed by atoms with Crippen LogP contribution in [0.1, 0.15) is 42.0 Å². The van der Waals surface area contributed by atoms with Crippen LogP contribution >= 0.6 is 0 Å². The van der Waals surface area contributed by atoms with Crippen LogP contribution in [0.2, 0.25) is 0 Å². The second kappa shape index (κ2) is 7.83. The first-order chi connectivity index (χ1) is 16.0. The number of piperidine rings is 1. The summed E-state index contributed by atoms with van der Waals surface area (Å²) in [6.07, 6.45) is 11.6. The third-order valence-electron chi connectivity index (χ3n) is 8.74. The largest absolute Gasteiger partial charge is 0.504 e. The fourth-order valence-electron chi connectivity index (χ4n) is 7.14. The number of aliphatic hydroxyl groups excluding tert-OH is 1. The smallest absolute Gasteiger partial charge is 0.165 e. The average molecular weight is 448 g/mol. The van der Waals surface area contributed by atoms with E-state index < -0.39 is 6.10 Å². The molecule has 174 valence electrons. The molecule has 2 fully saturated rings. The number of rotatable bonds is 1. The lowest BCUT2D eigenvalue weighted by atomic mass is 9.53. The molecule has 5 aliphatic rings. The summed E-state index contributed by atoms with van der Waals surface area (Å²) in [7, 11) is 4.37. The summed E-state index contributed by atoms with van der Waals surface area (Å²) in [4.78, 5) is 8.97. The highest BCUT2D eigenvalue weighted by Crippen LogP contribution is 2.62. The van der Waals surface area contributed by atoms with Crippen LogP contribution in [0.4, 0.5) is 0 Å². The monoisotopic (exact) mass is 447 g/mol. The average Bonchev–Trinajstić information content (AvgIpc) is 3.41. The minimum Gasteiger partial charge on any atom is -0.504 e. The van der Waals surface area contributed by atoms with Crippen LogP contribution in [0.25, 0.3) is 0 Å². The van der Waals surface area contributed by atoms with E-state index in [0.717, 1.165) is 19.4 Å². The number of pyridine rings is 1. The van der Waals surface area contributed by atoms with Crippen LogP contribution in [0.15, 0.2) is 48.8 Å². The van der Waals surface area contributed by atoms with Gasteiger partial charge in [0.05, 0.1) is 0 Å². The highest BCUT2D eigenvalue weighted by atomic mass is 16.5. The van der Waals surface area contributed by atoms with Gasteiger partial charge in [-0.15, -0.1) is 0 Å². The predicted molar refractivity (Wildman–Crippen MR) is 126 cm³/mol. The summed E-state index contributed by atoms with van der Waals surface area (Å²) in [5.74, 6) is 1.19. The van der Waals surface area contributed by atoms with Gasteiger partial charge in [0.15, 0.2) is 11.5 Å². The van der Waals surface area contributed by atoms with Gasteiger partial charge in [0.2, 0.25) is 0 Å². The van der Waals surface area contributed by atoms with E-state index in [2.05, 4.69) is 41.0 Å². The summed E-state index contributed by atoms with van der Waals surface area (Å²) in [5, 5.41) is 20.6. The molecule has 1 aromatic heterocycles. The molecular weight excluding hydrogens is 414 g/mol. The van der Waals surface area contributed by atoms with Crippen LogP contribution in [0, 0.1) is 5.92 Å². The summed E-state index contributed by atoms with van der Waals surface area (Å²) in [6, 6.07) is 9.02. The maximum absolute atomic E-state index is 10.4. The number of benzene rings is 1. The summed E-state index contributed by atoms with van der Waals surface area (Å²) >= 11 is 0. The number of aromatic nitrogens is 1. The van der Waals surface area contributed by atoms with E-state index in [1.165, 1.54) is 36.1 Å². The molecule has 3 aliphatic heterocycles. The normalized spacial score (nSPS) is 36.0. The van der Waals surface area contributed by atoms with Crippen molar-refractivity contribution in [3.05, 3.63) is 65.5 Å². The Morgan fingerprint density at radius 2 is 2.00 bits per heavy atom. The molecule has 33 heavy (non-hydrogen) atoms. The summed E-state index contributed by atoms with van der Waals surface area (Å²) < 4.78 is 6.09. The van der Waals surface area contributed by atoms with Gasteiger partial charge in [0.25, 0.3) is 0 Å². The number of nitrogens with zero attached hydrogens (tertiary/aromatic N) is 3. The van der Waals surface area contributed by atoms with Gasteiger partial charge in [-0.2, -0.15) is 0 Å². The Bertz CT molecular complexity index is 1070. The SMILES string of the molecule is CN1CCC[C@H]1c1cccnc1.CN1CC[C@]23c4c5ccc(O)c4O[C@H]2[C@@H](O)C=C[C@H]3[C@H]1C5. The van der Waals surface area contributed by atoms with E-state index in [0.29, 0.717) is 23.8 Å². The van der Waals surface area contributed by atoms with Crippen molar-refractivity contribution in [2.75, 3.05) is 27.2 Å². The molecule has 0 radical (unpaired) electrons. The standard InChI is InChI=1S/C17H19NO3.C10H14N2/c1-18-7-6-17-10-3-5-13(20)16(17)21-15-12(19)4-2-9(14(15)17)8-11(10)18;1-12-7-3-5-10(12)9-4-2-6-11-8-9/h2-5,10-11,13,16,19-20H,6-8H2,1H3;2,4,6,8,10H,3,5,7H2,1H3/t10-,11+,13-,16-,17-;10-/m00/s1. The molecule has 0 amide bonds. The van der Waals surface area contributed by atoms with E-state index in [1.807, 2.05) is 30.6 Å². The molecule has 4 heterocycles. The van der Waals surface area contributed by atoms with E-state index >= 15 is 0 Å². The molecular formula is C27H33N3O3. The van der Waals surface area contributed by atoms with Gasteiger partial charge < -0.3 is 19.8 Å². The van der Waals surface area contributed by atoms with Crippen molar-refractivity contribution in [3.63, 3.8) is 0 Å². The van der Waals surface area contributed by atoms with Crippen LogP contribution < -0.4 is 4.74 Å². The molecule has 7 rings (SSSR count). The molecule has 6 heteroatoms. The highest BCUT2D eigenvalue weighted by Gasteiger charge is 2.64. The molecule has 1 spiro atoms. The lowest BCUT2D eigenvalue weighted by Crippen LogP contribution is -2.64. The fourth-order valence-corrected chi connectivity index (χ4v) is 7.14. The predicted octanol–water partition coefficient (Wildman–Crippen LogP) is 3.05. The first-order valence-corrected chi connectivity index (χ1v) is 12.2. The second-order valence-corrected chi connectivity index (χ2v) is 10.4. The molecule has 6 nitrogen and oxygen atoms in total. The van der Waals surface area contributed by atoms with E-state index in [4.69, 9.17) is 4.74 Å². The van der Waals surface area contributed by atoms with Crippen molar-refractivity contribution >= 4 is 0 Å². The third-order valence-corrected chi connectivity index (χ3v) is 8.74. The molecule has 2 N–H and O–H groups in total. The molecule has 6 atom stereocenters. The maximum Gasteiger partial charge on any atom is 0.165 e. The molecule has 2 aliphatic carbocycles. The van der Waals surface area contributed by atoms with E-state index in [9.17, 15) is 10.2 Å². The molecule has 0 unspecified atom stereocenters. The maximum atomic E-state index is 10.4. The zero-order chi connectivity index (χ0) is 22.7. The van der Waals surface area contributed by atoms with Crippen LogP contribution in [-0.4, -0.2) is 70.4 Å². The van der Waals surface area contributed by atoms with Gasteiger partial charge >= 0.3 is 0 Å². The molecule has 2 bridgehead atoms. The Kier molecular flexibility index (Phi) is 5.02. The number of hydrogen-bond acceptors (Lipinski definition) is 6. The molecule has 1 aromatic carbocycles. The van der Waals surface area contributed by atoms with Gasteiger partial charge in [-0.1, -0.05) is 24.3 Å². The number of ether oxygens (including phenoxy) is 1. The number of phenols is 1. The minimum absolute atomic E-state index is 0.160. The van der Waals surface area contributed by atoms with Crippen molar-refractivity contribution in [2.24, 2.45) is 5.92 Å². The van der Waals surface area contributed by atoms with Gasteiger partial charge in [-0.05, 0) is 76.1 Å². The summed E-state index contributed by atoms with van der Waals surface area (Å²) in [6.45, 7) is 2.23. The van der Waals surface area contributed by atoms with Gasteiger partial charge in [-0.25, -0.2) is 0 Å². The van der Waals surface area contributed by atoms with Crippen LogP contribution in [-0.2, 0) is 11.8 Å². The third kappa shape index (κ3) is 3.07. The number of hydrogen-bond donors (Lipinski definition) is 2. The number of aliphatic hydroxyl groups is 1. The Hall–Kier alpha value is -2.41. The Labute approximate surface area is 195 Å². The van der Waals surface area contributed by atoms with Crippen LogP contribution in [0.3, 0.4) is 0 Å². The van der Waals surface area contributed by atoms with Gasteiger partial charge in [0, 0.05) is 41.4 Å².